The molecule has 1 rings (SSSR count). The number of carbonyl (C=O) groups is 1. The molecule has 74 valence electrons. The number of benzene rings is 1. The van der Waals surface area contributed by atoms with Crippen LogP contribution in [0.25, 0.3) is 0 Å². The van der Waals surface area contributed by atoms with E-state index in [4.69, 9.17) is 0 Å². The monoisotopic (exact) mass is 242 g/mol. The summed E-state index contributed by atoms with van der Waals surface area (Å²) in [6.45, 7) is 0. The van der Waals surface area contributed by atoms with E-state index in [1.807, 2.05) is 30.3 Å². The summed E-state index contributed by atoms with van der Waals surface area (Å²) in [7, 11) is 0. The fraction of sp³-hybridized carbons (Fsp3) is 0.100. The SMILES string of the molecule is O=C(C=C(S)S)SCc1ccccc1. The highest BCUT2D eigenvalue weighted by Gasteiger charge is 1.99. The van der Waals surface area contributed by atoms with Crippen molar-refractivity contribution in [2.45, 2.75) is 5.75 Å². The molecule has 14 heavy (non-hydrogen) atoms. The van der Waals surface area contributed by atoms with Crippen LogP contribution in [0.2, 0.25) is 0 Å². The maximum absolute atomic E-state index is 11.2. The number of carbonyl (C=O) groups excluding carboxylic acids is 1. The molecule has 0 aliphatic heterocycles. The standard InChI is InChI=1S/C10H10OS3/c11-9(6-10(12)13)14-7-8-4-2-1-3-5-8/h1-6,12-13H,7H2. The first-order valence-corrected chi connectivity index (χ1v) is 5.87. The van der Waals surface area contributed by atoms with Gasteiger partial charge in [-0.05, 0) is 5.56 Å². The fourth-order valence-electron chi connectivity index (χ4n) is 0.876. The molecular formula is C10H10OS3. The van der Waals surface area contributed by atoms with Crippen LogP contribution in [-0.2, 0) is 10.5 Å². The molecule has 0 N–H and O–H groups in total. The van der Waals surface area contributed by atoms with Crippen LogP contribution in [0, 0.1) is 0 Å². The van der Waals surface area contributed by atoms with Gasteiger partial charge >= 0.3 is 0 Å². The maximum Gasteiger partial charge on any atom is 0.214 e. The van der Waals surface area contributed by atoms with Crippen molar-refractivity contribution in [3.8, 4) is 0 Å². The lowest BCUT2D eigenvalue weighted by atomic mass is 10.2. The molecule has 0 atom stereocenters. The molecule has 0 aromatic heterocycles. The Morgan fingerprint density at radius 2 is 1.93 bits per heavy atom. The molecule has 0 unspecified atom stereocenters. The Bertz CT molecular complexity index is 328. The second kappa shape index (κ2) is 6.22. The summed E-state index contributed by atoms with van der Waals surface area (Å²) in [5.41, 5.74) is 1.14. The first-order chi connectivity index (χ1) is 6.68. The van der Waals surface area contributed by atoms with Gasteiger partial charge in [0.2, 0.25) is 5.12 Å². The van der Waals surface area contributed by atoms with Crippen molar-refractivity contribution in [1.82, 2.24) is 0 Å². The highest BCUT2D eigenvalue weighted by molar-refractivity contribution is 8.13. The van der Waals surface area contributed by atoms with E-state index in [0.29, 0.717) is 9.99 Å². The fourth-order valence-corrected chi connectivity index (χ4v) is 1.99. The van der Waals surface area contributed by atoms with Gasteiger partial charge in [0.25, 0.3) is 0 Å². The van der Waals surface area contributed by atoms with Crippen molar-refractivity contribution >= 4 is 42.1 Å². The molecule has 0 saturated heterocycles. The van der Waals surface area contributed by atoms with Crippen molar-refractivity contribution < 1.29 is 4.79 Å². The smallest absolute Gasteiger partial charge is 0.214 e. The number of thiol groups is 2. The number of rotatable bonds is 3. The van der Waals surface area contributed by atoms with Gasteiger partial charge in [0.05, 0.1) is 0 Å². The summed E-state index contributed by atoms with van der Waals surface area (Å²) in [4.78, 5) is 11.2. The summed E-state index contributed by atoms with van der Waals surface area (Å²) < 4.78 is 0.440. The maximum atomic E-state index is 11.2. The zero-order valence-electron chi connectivity index (χ0n) is 7.38. The van der Waals surface area contributed by atoms with Crippen molar-refractivity contribution in [3.63, 3.8) is 0 Å². The number of hydrogen-bond acceptors (Lipinski definition) is 4. The van der Waals surface area contributed by atoms with Gasteiger partial charge in [0.15, 0.2) is 0 Å². The van der Waals surface area contributed by atoms with E-state index in [0.717, 1.165) is 5.56 Å². The summed E-state index contributed by atoms with van der Waals surface area (Å²) in [6, 6.07) is 9.85. The summed E-state index contributed by atoms with van der Waals surface area (Å²) in [6.07, 6.45) is 1.40. The number of hydrogen-bond donors (Lipinski definition) is 2. The molecule has 0 aliphatic rings. The highest BCUT2D eigenvalue weighted by atomic mass is 32.2. The topological polar surface area (TPSA) is 17.1 Å². The van der Waals surface area contributed by atoms with E-state index in [-0.39, 0.29) is 5.12 Å². The van der Waals surface area contributed by atoms with Crippen LogP contribution in [0.4, 0.5) is 0 Å². The Morgan fingerprint density at radius 1 is 1.29 bits per heavy atom. The molecule has 1 aromatic rings. The van der Waals surface area contributed by atoms with Crippen LogP contribution in [0.15, 0.2) is 40.6 Å². The second-order valence-corrected chi connectivity index (χ2v) is 4.89. The molecular weight excluding hydrogens is 232 g/mol. The largest absolute Gasteiger partial charge is 0.282 e. The van der Waals surface area contributed by atoms with Crippen molar-refractivity contribution in [2.24, 2.45) is 0 Å². The molecule has 0 amide bonds. The lowest BCUT2D eigenvalue weighted by Gasteiger charge is -1.97. The molecule has 0 fully saturated rings. The quantitative estimate of drug-likeness (QED) is 0.626. The average Bonchev–Trinajstić information content (AvgIpc) is 2.15. The summed E-state index contributed by atoms with van der Waals surface area (Å²) in [5.74, 6) is 0.686. The van der Waals surface area contributed by atoms with Gasteiger partial charge in [-0.2, -0.15) is 0 Å². The van der Waals surface area contributed by atoms with Crippen LogP contribution in [0.3, 0.4) is 0 Å². The number of thioether (sulfide) groups is 1. The minimum Gasteiger partial charge on any atom is -0.282 e. The Hall–Kier alpha value is -0.320. The predicted molar refractivity (Wildman–Crippen MR) is 68.8 cm³/mol. The Labute approximate surface area is 98.8 Å². The van der Waals surface area contributed by atoms with Gasteiger partial charge < -0.3 is 0 Å². The molecule has 0 bridgehead atoms. The van der Waals surface area contributed by atoms with Crippen LogP contribution in [0.1, 0.15) is 5.56 Å². The van der Waals surface area contributed by atoms with Crippen molar-refractivity contribution in [2.75, 3.05) is 0 Å². The van der Waals surface area contributed by atoms with Crippen molar-refractivity contribution in [1.29, 1.82) is 0 Å². The van der Waals surface area contributed by atoms with Crippen molar-refractivity contribution in [3.05, 3.63) is 46.2 Å². The average molecular weight is 242 g/mol. The minimum atomic E-state index is -0.0196. The zero-order valence-corrected chi connectivity index (χ0v) is 9.99. The molecule has 0 heterocycles. The minimum absolute atomic E-state index is 0.0196. The van der Waals surface area contributed by atoms with E-state index in [1.165, 1.54) is 17.8 Å². The second-order valence-electron chi connectivity index (χ2n) is 2.60. The van der Waals surface area contributed by atoms with Gasteiger partial charge in [0.1, 0.15) is 0 Å². The summed E-state index contributed by atoms with van der Waals surface area (Å²) >= 11 is 9.06. The van der Waals surface area contributed by atoms with E-state index in [9.17, 15) is 4.79 Å². The molecule has 0 saturated carbocycles. The van der Waals surface area contributed by atoms with Crippen LogP contribution < -0.4 is 0 Å². The molecule has 0 radical (unpaired) electrons. The predicted octanol–water partition coefficient (Wildman–Crippen LogP) is 3.15. The molecule has 0 spiro atoms. The Kier molecular flexibility index (Phi) is 5.22. The van der Waals surface area contributed by atoms with Gasteiger partial charge in [-0.15, -0.1) is 25.3 Å². The Balaban J connectivity index is 2.42. The van der Waals surface area contributed by atoms with E-state index < -0.39 is 0 Å². The summed E-state index contributed by atoms with van der Waals surface area (Å²) in [5, 5.41) is -0.0196. The van der Waals surface area contributed by atoms with Gasteiger partial charge in [0, 0.05) is 16.1 Å². The van der Waals surface area contributed by atoms with Gasteiger partial charge in [-0.25, -0.2) is 0 Å². The molecule has 1 aromatic carbocycles. The molecule has 0 aliphatic carbocycles. The van der Waals surface area contributed by atoms with Crippen LogP contribution in [-0.4, -0.2) is 5.12 Å². The lowest BCUT2D eigenvalue weighted by Crippen LogP contribution is -1.87. The van der Waals surface area contributed by atoms with Gasteiger partial charge in [-0.3, -0.25) is 4.79 Å². The third kappa shape index (κ3) is 4.79. The first-order valence-electron chi connectivity index (χ1n) is 3.99. The van der Waals surface area contributed by atoms with E-state index in [2.05, 4.69) is 25.3 Å². The van der Waals surface area contributed by atoms with Crippen LogP contribution in [0.5, 0.6) is 0 Å². The normalized spacial score (nSPS) is 9.57. The lowest BCUT2D eigenvalue weighted by molar-refractivity contribution is -0.107. The third-order valence-electron chi connectivity index (χ3n) is 1.47. The first kappa shape index (κ1) is 11.8. The van der Waals surface area contributed by atoms with Gasteiger partial charge in [-0.1, -0.05) is 42.1 Å². The third-order valence-corrected chi connectivity index (χ3v) is 2.61. The highest BCUT2D eigenvalue weighted by Crippen LogP contribution is 2.15. The van der Waals surface area contributed by atoms with E-state index in [1.54, 1.807) is 0 Å². The zero-order chi connectivity index (χ0) is 10.4. The van der Waals surface area contributed by atoms with Crippen LogP contribution >= 0.6 is 37.0 Å². The Morgan fingerprint density at radius 3 is 2.50 bits per heavy atom. The van der Waals surface area contributed by atoms with E-state index >= 15 is 0 Å². The molecule has 4 heteroatoms. The molecule has 1 nitrogen and oxygen atoms in total.